The van der Waals surface area contributed by atoms with E-state index in [9.17, 15) is 0 Å². The maximum absolute atomic E-state index is 4.04. The average molecular weight is 236 g/mol. The maximum Gasteiger partial charge on any atom is 0.0846 e. The monoisotopic (exact) mass is 236 g/mol. The average Bonchev–Trinajstić information content (AvgIpc) is 2.13. The molecular formula is C6H9IN2. The van der Waals surface area contributed by atoms with Crippen molar-refractivity contribution < 1.29 is 0 Å². The van der Waals surface area contributed by atoms with Crippen LogP contribution in [0.15, 0.2) is 12.3 Å². The highest BCUT2D eigenvalue weighted by Crippen LogP contribution is 2.14. The van der Waals surface area contributed by atoms with Gasteiger partial charge in [0.15, 0.2) is 0 Å². The second-order valence-electron chi connectivity index (χ2n) is 2.27. The zero-order chi connectivity index (χ0) is 6.85. The summed E-state index contributed by atoms with van der Waals surface area (Å²) in [6.07, 6.45) is 1.82. The van der Waals surface area contributed by atoms with Crippen molar-refractivity contribution in [1.29, 1.82) is 0 Å². The second kappa shape index (κ2) is 2.68. The molecule has 0 saturated carbocycles. The number of hydrogen-bond acceptors (Lipinski definition) is 1. The van der Waals surface area contributed by atoms with Crippen molar-refractivity contribution in [2.45, 2.75) is 19.8 Å². The molecule has 0 atom stereocenters. The lowest BCUT2D eigenvalue weighted by Gasteiger charge is -2.00. The van der Waals surface area contributed by atoms with Gasteiger partial charge in [0, 0.05) is 0 Å². The Balaban J connectivity index is 2.94. The minimum Gasteiger partial charge on any atom is -0.208 e. The van der Waals surface area contributed by atoms with Crippen molar-refractivity contribution in [2.75, 3.05) is 0 Å². The van der Waals surface area contributed by atoms with Crippen LogP contribution in [0.5, 0.6) is 0 Å². The summed E-state index contributed by atoms with van der Waals surface area (Å²) >= 11 is 2.18. The van der Waals surface area contributed by atoms with Crippen molar-refractivity contribution in [3.05, 3.63) is 18.0 Å². The molecular weight excluding hydrogens is 227 g/mol. The molecule has 0 aliphatic rings. The first-order valence-electron chi connectivity index (χ1n) is 2.92. The van der Waals surface area contributed by atoms with Gasteiger partial charge in [0.25, 0.3) is 0 Å². The van der Waals surface area contributed by atoms with Crippen LogP contribution in [-0.4, -0.2) is 7.99 Å². The van der Waals surface area contributed by atoms with Gasteiger partial charge in [0.1, 0.15) is 0 Å². The third-order valence-electron chi connectivity index (χ3n) is 1.22. The van der Waals surface area contributed by atoms with Crippen LogP contribution in [0, 0.1) is 0 Å². The lowest BCUT2D eigenvalue weighted by atomic mass is 10.1. The Morgan fingerprint density at radius 3 is 2.56 bits per heavy atom. The molecule has 0 saturated heterocycles. The van der Waals surface area contributed by atoms with Crippen LogP contribution in [0.1, 0.15) is 25.5 Å². The summed E-state index contributed by atoms with van der Waals surface area (Å²) in [4.78, 5) is 0. The summed E-state index contributed by atoms with van der Waals surface area (Å²) in [5.74, 6) is 0.574. The highest BCUT2D eigenvalue weighted by molar-refractivity contribution is 14.1. The molecule has 2 nitrogen and oxygen atoms in total. The Morgan fingerprint density at radius 2 is 2.33 bits per heavy atom. The van der Waals surface area contributed by atoms with Crippen LogP contribution in [0.3, 0.4) is 0 Å². The predicted octanol–water partition coefficient (Wildman–Crippen LogP) is 2.20. The number of nitrogens with zero attached hydrogens (tertiary/aromatic N) is 2. The van der Waals surface area contributed by atoms with Gasteiger partial charge in [-0.1, -0.05) is 13.8 Å². The van der Waals surface area contributed by atoms with Gasteiger partial charge in [0.2, 0.25) is 0 Å². The van der Waals surface area contributed by atoms with Crippen LogP contribution < -0.4 is 0 Å². The van der Waals surface area contributed by atoms with Crippen LogP contribution >= 0.6 is 22.9 Å². The van der Waals surface area contributed by atoms with Gasteiger partial charge >= 0.3 is 0 Å². The normalized spacial score (nSPS) is 10.7. The first-order valence-corrected chi connectivity index (χ1v) is 3.88. The molecule has 0 aliphatic carbocycles. The quantitative estimate of drug-likeness (QED) is 0.683. The number of aromatic nitrogens is 2. The van der Waals surface area contributed by atoms with E-state index in [4.69, 9.17) is 0 Å². The highest BCUT2D eigenvalue weighted by atomic mass is 127. The summed E-state index contributed by atoms with van der Waals surface area (Å²) in [6.45, 7) is 4.32. The van der Waals surface area contributed by atoms with E-state index in [0.717, 1.165) is 0 Å². The molecule has 50 valence electrons. The fourth-order valence-corrected chi connectivity index (χ4v) is 1.56. The van der Waals surface area contributed by atoms with E-state index >= 15 is 0 Å². The van der Waals surface area contributed by atoms with E-state index in [2.05, 4.69) is 41.8 Å². The highest BCUT2D eigenvalue weighted by Gasteiger charge is 2.02. The molecule has 0 unspecified atom stereocenters. The molecule has 0 bridgehead atoms. The molecule has 1 aromatic heterocycles. The fraction of sp³-hybridized carbons (Fsp3) is 0.500. The van der Waals surface area contributed by atoms with E-state index in [1.807, 2.05) is 15.2 Å². The molecule has 0 fully saturated rings. The minimum absolute atomic E-state index is 0.574. The second-order valence-corrected chi connectivity index (χ2v) is 3.18. The molecule has 0 spiro atoms. The zero-order valence-corrected chi connectivity index (χ0v) is 7.66. The molecule has 0 amide bonds. The fourth-order valence-electron chi connectivity index (χ4n) is 0.702. The van der Waals surface area contributed by atoms with Crippen LogP contribution in [0.25, 0.3) is 0 Å². The Bertz CT molecular complexity index is 193. The molecule has 9 heavy (non-hydrogen) atoms. The molecule has 0 aliphatic heterocycles. The van der Waals surface area contributed by atoms with Crippen molar-refractivity contribution >= 4 is 22.9 Å². The van der Waals surface area contributed by atoms with Gasteiger partial charge in [-0.25, -0.2) is 2.90 Å². The number of hydrogen-bond donors (Lipinski definition) is 0. The van der Waals surface area contributed by atoms with Gasteiger partial charge < -0.3 is 0 Å². The largest absolute Gasteiger partial charge is 0.208 e. The molecule has 3 heteroatoms. The maximum atomic E-state index is 4.04. The van der Waals surface area contributed by atoms with Crippen molar-refractivity contribution in [3.8, 4) is 0 Å². The topological polar surface area (TPSA) is 17.8 Å². The van der Waals surface area contributed by atoms with Crippen LogP contribution in [0.2, 0.25) is 0 Å². The summed E-state index contributed by atoms with van der Waals surface area (Å²) < 4.78 is 1.88. The zero-order valence-electron chi connectivity index (χ0n) is 5.50. The Labute approximate surface area is 68.8 Å². The molecule has 0 aromatic carbocycles. The molecule has 0 N–H and O–H groups in total. The summed E-state index contributed by atoms with van der Waals surface area (Å²) in [7, 11) is 0. The smallest absolute Gasteiger partial charge is 0.0846 e. The van der Waals surface area contributed by atoms with Crippen molar-refractivity contribution in [1.82, 2.24) is 7.99 Å². The third-order valence-corrected chi connectivity index (χ3v) is 2.02. The molecule has 1 rings (SSSR count). The van der Waals surface area contributed by atoms with Crippen LogP contribution in [0.4, 0.5) is 0 Å². The third kappa shape index (κ3) is 1.44. The van der Waals surface area contributed by atoms with E-state index in [1.165, 1.54) is 5.69 Å². The molecule has 1 heterocycles. The standard InChI is InChI=1S/C6H9IN2/c1-5(2)6-3-4-8-9(6)7/h3-5H,1-2H3. The number of rotatable bonds is 1. The van der Waals surface area contributed by atoms with E-state index in [0.29, 0.717) is 5.92 Å². The van der Waals surface area contributed by atoms with Gasteiger partial charge in [0.05, 0.1) is 34.8 Å². The minimum atomic E-state index is 0.574. The van der Waals surface area contributed by atoms with Gasteiger partial charge in [-0.3, -0.25) is 0 Å². The molecule has 0 radical (unpaired) electrons. The Kier molecular flexibility index (Phi) is 2.10. The lowest BCUT2D eigenvalue weighted by Crippen LogP contribution is -1.92. The summed E-state index contributed by atoms with van der Waals surface area (Å²) in [5, 5.41) is 4.04. The van der Waals surface area contributed by atoms with Gasteiger partial charge in [-0.15, -0.1) is 0 Å². The first kappa shape index (κ1) is 7.05. The van der Waals surface area contributed by atoms with E-state index in [-0.39, 0.29) is 0 Å². The summed E-state index contributed by atoms with van der Waals surface area (Å²) in [6, 6.07) is 2.04. The van der Waals surface area contributed by atoms with E-state index in [1.54, 1.807) is 0 Å². The SMILES string of the molecule is CC(C)c1ccnn1I. The Hall–Kier alpha value is -0.0600. The summed E-state index contributed by atoms with van der Waals surface area (Å²) in [5.41, 5.74) is 1.27. The van der Waals surface area contributed by atoms with E-state index < -0.39 is 0 Å². The van der Waals surface area contributed by atoms with Gasteiger partial charge in [-0.2, -0.15) is 5.10 Å². The predicted molar refractivity (Wildman–Crippen MR) is 45.7 cm³/mol. The van der Waals surface area contributed by atoms with Crippen molar-refractivity contribution in [3.63, 3.8) is 0 Å². The lowest BCUT2D eigenvalue weighted by molar-refractivity contribution is 0.800. The van der Waals surface area contributed by atoms with Crippen LogP contribution in [-0.2, 0) is 0 Å². The first-order chi connectivity index (χ1) is 4.22. The van der Waals surface area contributed by atoms with Gasteiger partial charge in [-0.05, 0) is 12.0 Å². The molecule has 1 aromatic rings. The van der Waals surface area contributed by atoms with Crippen molar-refractivity contribution in [2.24, 2.45) is 0 Å². The Morgan fingerprint density at radius 1 is 1.67 bits per heavy atom. The number of halogens is 1.